The van der Waals surface area contributed by atoms with Crippen LogP contribution in [-0.2, 0) is 4.79 Å². The monoisotopic (exact) mass is 458 g/mol. The molecule has 7 nitrogen and oxygen atoms in total. The number of hydrogen-bond donors (Lipinski definition) is 0. The molecule has 0 aromatic heterocycles. The van der Waals surface area contributed by atoms with Crippen LogP contribution >= 0.6 is 24.0 Å². The quantitative estimate of drug-likeness (QED) is 0.183. The molecule has 0 saturated carbocycles. The highest BCUT2D eigenvalue weighted by Gasteiger charge is 2.31. The SMILES string of the molecule is CCN1C(=O)C(=Cc2cc([N+](=O)[O-])ccc2OCCOc2ccc(C)c(C)c2)SC1=S. The van der Waals surface area contributed by atoms with E-state index in [1.54, 1.807) is 6.08 Å². The van der Waals surface area contributed by atoms with Crippen molar-refractivity contribution < 1.29 is 19.2 Å². The molecule has 0 N–H and O–H groups in total. The zero-order valence-corrected chi connectivity index (χ0v) is 19.0. The predicted molar refractivity (Wildman–Crippen MR) is 126 cm³/mol. The molecule has 2 aromatic carbocycles. The number of hydrogen-bond acceptors (Lipinski definition) is 7. The number of thioether (sulfide) groups is 1. The van der Waals surface area contributed by atoms with Crippen LogP contribution in [0.2, 0.25) is 0 Å². The van der Waals surface area contributed by atoms with E-state index in [1.165, 1.54) is 40.4 Å². The minimum Gasteiger partial charge on any atom is -0.490 e. The molecule has 0 atom stereocenters. The van der Waals surface area contributed by atoms with Crippen LogP contribution < -0.4 is 9.47 Å². The minimum absolute atomic E-state index is 0.0871. The number of carbonyl (C=O) groups is 1. The van der Waals surface area contributed by atoms with Crippen molar-refractivity contribution in [3.63, 3.8) is 0 Å². The lowest BCUT2D eigenvalue weighted by Gasteiger charge is -2.12. The summed E-state index contributed by atoms with van der Waals surface area (Å²) in [6.07, 6.45) is 1.58. The number of nitro benzene ring substituents is 1. The second-order valence-electron chi connectivity index (χ2n) is 6.85. The number of benzene rings is 2. The molecule has 2 aromatic rings. The molecule has 1 aliphatic heterocycles. The van der Waals surface area contributed by atoms with Crippen molar-refractivity contribution in [2.75, 3.05) is 19.8 Å². The van der Waals surface area contributed by atoms with Gasteiger partial charge in [0.15, 0.2) is 0 Å². The normalized spacial score (nSPS) is 14.9. The number of rotatable bonds is 8. The Morgan fingerprint density at radius 3 is 2.52 bits per heavy atom. The maximum absolute atomic E-state index is 12.5. The summed E-state index contributed by atoms with van der Waals surface area (Å²) in [5.74, 6) is 0.961. The third kappa shape index (κ3) is 5.42. The van der Waals surface area contributed by atoms with Gasteiger partial charge in [0.1, 0.15) is 29.0 Å². The predicted octanol–water partition coefficient (Wildman–Crippen LogP) is 4.89. The van der Waals surface area contributed by atoms with Crippen LogP contribution in [0.3, 0.4) is 0 Å². The molecular weight excluding hydrogens is 436 g/mol. The van der Waals surface area contributed by atoms with E-state index < -0.39 is 4.92 Å². The molecule has 0 aliphatic carbocycles. The summed E-state index contributed by atoms with van der Waals surface area (Å²) in [6.45, 7) is 6.90. The Balaban J connectivity index is 1.75. The fourth-order valence-electron chi connectivity index (χ4n) is 2.92. The van der Waals surface area contributed by atoms with Crippen LogP contribution in [-0.4, -0.2) is 39.8 Å². The minimum atomic E-state index is -0.485. The van der Waals surface area contributed by atoms with Crippen LogP contribution in [0.15, 0.2) is 41.3 Å². The van der Waals surface area contributed by atoms with Gasteiger partial charge in [0.05, 0.1) is 9.83 Å². The number of carbonyl (C=O) groups excluding carboxylic acids is 1. The molecule has 3 rings (SSSR count). The van der Waals surface area contributed by atoms with Gasteiger partial charge < -0.3 is 9.47 Å². The van der Waals surface area contributed by atoms with Gasteiger partial charge in [-0.25, -0.2) is 0 Å². The summed E-state index contributed by atoms with van der Waals surface area (Å²) in [5, 5.41) is 11.2. The average molecular weight is 459 g/mol. The van der Waals surface area contributed by atoms with Crippen molar-refractivity contribution in [1.82, 2.24) is 4.90 Å². The molecule has 0 radical (unpaired) electrons. The van der Waals surface area contributed by atoms with Crippen molar-refractivity contribution in [1.29, 1.82) is 0 Å². The van der Waals surface area contributed by atoms with E-state index in [-0.39, 0.29) is 18.2 Å². The lowest BCUT2D eigenvalue weighted by molar-refractivity contribution is -0.384. The number of nitrogens with zero attached hydrogens (tertiary/aromatic N) is 2. The first-order valence-corrected chi connectivity index (χ1v) is 10.9. The third-order valence-corrected chi connectivity index (χ3v) is 6.15. The summed E-state index contributed by atoms with van der Waals surface area (Å²) in [5.41, 5.74) is 2.68. The van der Waals surface area contributed by atoms with Crippen molar-refractivity contribution in [2.45, 2.75) is 20.8 Å². The van der Waals surface area contributed by atoms with Gasteiger partial charge in [-0.1, -0.05) is 30.0 Å². The number of nitro groups is 1. The molecular formula is C22H22N2O5S2. The molecule has 1 aliphatic rings. The first-order chi connectivity index (χ1) is 14.8. The zero-order chi connectivity index (χ0) is 22.5. The van der Waals surface area contributed by atoms with E-state index in [1.807, 2.05) is 39.0 Å². The molecule has 162 valence electrons. The van der Waals surface area contributed by atoms with Gasteiger partial charge in [-0.3, -0.25) is 19.8 Å². The van der Waals surface area contributed by atoms with Crippen LogP contribution in [0.5, 0.6) is 11.5 Å². The Labute approximate surface area is 190 Å². The standard InChI is InChI=1S/C22H22N2O5S2/c1-4-23-21(25)20(31-22(23)30)13-16-12-17(24(26)27)6-8-19(16)29-10-9-28-18-7-5-14(2)15(3)11-18/h5-8,11-13H,4,9-10H2,1-3H3. The van der Waals surface area contributed by atoms with E-state index in [0.717, 1.165) is 11.3 Å². The van der Waals surface area contributed by atoms with Gasteiger partial charge in [0.2, 0.25) is 0 Å². The van der Waals surface area contributed by atoms with Crippen molar-refractivity contribution in [2.24, 2.45) is 0 Å². The maximum Gasteiger partial charge on any atom is 0.270 e. The molecule has 1 heterocycles. The van der Waals surface area contributed by atoms with Gasteiger partial charge in [0, 0.05) is 24.2 Å². The lowest BCUT2D eigenvalue weighted by atomic mass is 10.1. The van der Waals surface area contributed by atoms with Crippen molar-refractivity contribution in [3.8, 4) is 11.5 Å². The smallest absolute Gasteiger partial charge is 0.270 e. The average Bonchev–Trinajstić information content (AvgIpc) is 3.00. The lowest BCUT2D eigenvalue weighted by Crippen LogP contribution is -2.27. The first-order valence-electron chi connectivity index (χ1n) is 9.66. The van der Waals surface area contributed by atoms with E-state index in [9.17, 15) is 14.9 Å². The Hall–Kier alpha value is -2.91. The Kier molecular flexibility index (Phi) is 7.29. The molecule has 31 heavy (non-hydrogen) atoms. The topological polar surface area (TPSA) is 81.9 Å². The zero-order valence-electron chi connectivity index (χ0n) is 17.4. The van der Waals surface area contributed by atoms with Gasteiger partial charge >= 0.3 is 0 Å². The van der Waals surface area contributed by atoms with Crippen LogP contribution in [0.1, 0.15) is 23.6 Å². The molecule has 1 fully saturated rings. The fraction of sp³-hybridized carbons (Fsp3) is 0.273. The Morgan fingerprint density at radius 1 is 1.13 bits per heavy atom. The largest absolute Gasteiger partial charge is 0.490 e. The summed E-state index contributed by atoms with van der Waals surface area (Å²) < 4.78 is 12.0. The highest BCUT2D eigenvalue weighted by Crippen LogP contribution is 2.35. The number of non-ortho nitro benzene ring substituents is 1. The van der Waals surface area contributed by atoms with Gasteiger partial charge in [0.25, 0.3) is 11.6 Å². The second kappa shape index (κ2) is 9.93. The third-order valence-electron chi connectivity index (χ3n) is 4.77. The molecule has 0 bridgehead atoms. The van der Waals surface area contributed by atoms with Crippen LogP contribution in [0.25, 0.3) is 6.08 Å². The maximum atomic E-state index is 12.5. The molecule has 0 unspecified atom stereocenters. The molecule has 1 saturated heterocycles. The number of amides is 1. The summed E-state index contributed by atoms with van der Waals surface area (Å²) in [4.78, 5) is 25.1. The van der Waals surface area contributed by atoms with Crippen molar-refractivity contribution in [3.05, 3.63) is 68.1 Å². The number of likely N-dealkylation sites (N-methyl/N-ethyl adjacent to an activating group) is 1. The molecule has 9 heteroatoms. The summed E-state index contributed by atoms with van der Waals surface area (Å²) in [6, 6.07) is 10.1. The highest BCUT2D eigenvalue weighted by atomic mass is 32.2. The summed E-state index contributed by atoms with van der Waals surface area (Å²) in [7, 11) is 0. The van der Waals surface area contributed by atoms with E-state index in [2.05, 4.69) is 0 Å². The van der Waals surface area contributed by atoms with Gasteiger partial charge in [-0.05, 0) is 56.2 Å². The fourth-order valence-corrected chi connectivity index (χ4v) is 4.30. The van der Waals surface area contributed by atoms with E-state index in [0.29, 0.717) is 33.7 Å². The van der Waals surface area contributed by atoms with E-state index >= 15 is 0 Å². The molecule has 0 spiro atoms. The Bertz CT molecular complexity index is 1070. The van der Waals surface area contributed by atoms with Gasteiger partial charge in [-0.15, -0.1) is 0 Å². The second-order valence-corrected chi connectivity index (χ2v) is 8.52. The van der Waals surface area contributed by atoms with Crippen LogP contribution in [0, 0.1) is 24.0 Å². The van der Waals surface area contributed by atoms with Gasteiger partial charge in [-0.2, -0.15) is 0 Å². The first kappa shape index (κ1) is 22.8. The molecule has 1 amide bonds. The number of thiocarbonyl (C=S) groups is 1. The van der Waals surface area contributed by atoms with E-state index in [4.69, 9.17) is 21.7 Å². The Morgan fingerprint density at radius 2 is 1.87 bits per heavy atom. The highest BCUT2D eigenvalue weighted by molar-refractivity contribution is 8.26. The number of aryl methyl sites for hydroxylation is 2. The summed E-state index contributed by atoms with van der Waals surface area (Å²) >= 11 is 6.40. The van der Waals surface area contributed by atoms with Crippen LogP contribution in [0.4, 0.5) is 5.69 Å². The van der Waals surface area contributed by atoms with Crippen molar-refractivity contribution >= 4 is 46.0 Å². The number of ether oxygens (including phenoxy) is 2.